The van der Waals surface area contributed by atoms with Crippen LogP contribution >= 0.6 is 0 Å². The number of carbonyl (C=O) groups is 2. The summed E-state index contributed by atoms with van der Waals surface area (Å²) in [4.78, 5) is 29.9. The van der Waals surface area contributed by atoms with E-state index in [0.29, 0.717) is 19.0 Å². The molecule has 6 heteroatoms. The highest BCUT2D eigenvalue weighted by Gasteiger charge is 2.41. The van der Waals surface area contributed by atoms with Crippen LogP contribution in [0.1, 0.15) is 48.5 Å². The molecule has 2 aliphatic heterocycles. The molecule has 5 rings (SSSR count). The topological polar surface area (TPSA) is 49.9 Å². The van der Waals surface area contributed by atoms with Gasteiger partial charge in [-0.05, 0) is 79.2 Å². The summed E-state index contributed by atoms with van der Waals surface area (Å²) in [6.45, 7) is 7.41. The summed E-state index contributed by atoms with van der Waals surface area (Å²) in [7, 11) is 0. The number of halogens is 1. The molecule has 0 saturated carbocycles. The SMILES string of the molecule is CC(=O)OC(C)[C@@H]1CN(C(=O)c2cccc3ccccc23)CC1CN1CCC(c2ccc(F)cc2)CC1. The number of rotatable bonds is 6. The summed E-state index contributed by atoms with van der Waals surface area (Å²) in [5, 5.41) is 2.02. The van der Waals surface area contributed by atoms with Crippen molar-refractivity contribution in [3.63, 3.8) is 0 Å². The third kappa shape index (κ3) is 5.69. The van der Waals surface area contributed by atoms with Crippen molar-refractivity contribution < 1.29 is 18.7 Å². The van der Waals surface area contributed by atoms with Crippen LogP contribution in [-0.4, -0.2) is 60.5 Å². The first kappa shape index (κ1) is 25.4. The first-order valence-electron chi connectivity index (χ1n) is 13.3. The van der Waals surface area contributed by atoms with Crippen LogP contribution in [0.15, 0.2) is 66.7 Å². The maximum atomic E-state index is 13.7. The van der Waals surface area contributed by atoms with E-state index in [2.05, 4.69) is 4.90 Å². The maximum Gasteiger partial charge on any atom is 0.302 e. The molecule has 5 nitrogen and oxygen atoms in total. The monoisotopic (exact) mass is 502 g/mol. The van der Waals surface area contributed by atoms with E-state index in [9.17, 15) is 14.0 Å². The van der Waals surface area contributed by atoms with Crippen LogP contribution in [0.25, 0.3) is 10.8 Å². The number of esters is 1. The first-order chi connectivity index (χ1) is 17.9. The molecule has 37 heavy (non-hydrogen) atoms. The van der Waals surface area contributed by atoms with E-state index in [0.717, 1.165) is 48.8 Å². The molecule has 0 aromatic heterocycles. The third-order valence-electron chi connectivity index (χ3n) is 8.18. The molecule has 0 bridgehead atoms. The Bertz CT molecular complexity index is 1250. The standard InChI is InChI=1S/C31H35FN2O3/c1-21(37-22(2)35)30-20-34(31(36)29-9-5-7-25-6-3-4-8-28(25)29)19-26(30)18-33-16-14-24(15-17-33)23-10-12-27(32)13-11-23/h3-13,21,24,26,30H,14-20H2,1-2H3/t21?,26?,30-/m0/s1. The van der Waals surface area contributed by atoms with Gasteiger partial charge in [0.1, 0.15) is 11.9 Å². The van der Waals surface area contributed by atoms with Gasteiger partial charge in [0.05, 0.1) is 0 Å². The van der Waals surface area contributed by atoms with Crippen molar-refractivity contribution in [1.29, 1.82) is 0 Å². The number of ether oxygens (including phenoxy) is 1. The molecule has 0 spiro atoms. The number of fused-ring (bicyclic) bond motifs is 1. The van der Waals surface area contributed by atoms with E-state index in [1.165, 1.54) is 12.5 Å². The van der Waals surface area contributed by atoms with Gasteiger partial charge in [-0.3, -0.25) is 9.59 Å². The molecule has 2 heterocycles. The highest BCUT2D eigenvalue weighted by molar-refractivity contribution is 6.07. The highest BCUT2D eigenvalue weighted by Crippen LogP contribution is 2.34. The van der Waals surface area contributed by atoms with Crippen LogP contribution < -0.4 is 0 Å². The van der Waals surface area contributed by atoms with Crippen molar-refractivity contribution in [1.82, 2.24) is 9.80 Å². The second-order valence-corrected chi connectivity index (χ2v) is 10.6. The van der Waals surface area contributed by atoms with Crippen LogP contribution in [0.4, 0.5) is 4.39 Å². The fourth-order valence-electron chi connectivity index (χ4n) is 6.23. The lowest BCUT2D eigenvalue weighted by Gasteiger charge is -2.35. The minimum Gasteiger partial charge on any atom is -0.462 e. The fraction of sp³-hybridized carbons (Fsp3) is 0.419. The van der Waals surface area contributed by atoms with Crippen molar-refractivity contribution in [2.45, 2.75) is 38.7 Å². The van der Waals surface area contributed by atoms with E-state index in [1.807, 2.05) is 66.4 Å². The van der Waals surface area contributed by atoms with Crippen LogP contribution in [0.3, 0.4) is 0 Å². The van der Waals surface area contributed by atoms with Crippen LogP contribution in [0.5, 0.6) is 0 Å². The predicted octanol–water partition coefficient (Wildman–Crippen LogP) is 5.50. The van der Waals surface area contributed by atoms with Crippen LogP contribution in [0, 0.1) is 17.7 Å². The summed E-state index contributed by atoms with van der Waals surface area (Å²) >= 11 is 0. The number of carbonyl (C=O) groups excluding carboxylic acids is 2. The smallest absolute Gasteiger partial charge is 0.302 e. The van der Waals surface area contributed by atoms with E-state index in [1.54, 1.807) is 12.1 Å². The maximum absolute atomic E-state index is 13.7. The lowest BCUT2D eigenvalue weighted by molar-refractivity contribution is -0.148. The number of benzene rings is 3. The number of likely N-dealkylation sites (tertiary alicyclic amines) is 2. The van der Waals surface area contributed by atoms with Gasteiger partial charge >= 0.3 is 5.97 Å². The molecule has 2 saturated heterocycles. The molecule has 1 amide bonds. The van der Waals surface area contributed by atoms with Crippen molar-refractivity contribution in [2.24, 2.45) is 11.8 Å². The van der Waals surface area contributed by atoms with Crippen molar-refractivity contribution in [2.75, 3.05) is 32.7 Å². The average Bonchev–Trinajstić information content (AvgIpc) is 3.32. The van der Waals surface area contributed by atoms with E-state index in [4.69, 9.17) is 4.74 Å². The Morgan fingerprint density at radius 2 is 1.68 bits per heavy atom. The van der Waals surface area contributed by atoms with Gasteiger partial charge in [0, 0.05) is 38.0 Å². The van der Waals surface area contributed by atoms with Crippen LogP contribution in [-0.2, 0) is 9.53 Å². The van der Waals surface area contributed by atoms with Crippen LogP contribution in [0.2, 0.25) is 0 Å². The predicted molar refractivity (Wildman–Crippen MR) is 143 cm³/mol. The van der Waals surface area contributed by atoms with Gasteiger partial charge in [-0.15, -0.1) is 0 Å². The van der Waals surface area contributed by atoms with E-state index < -0.39 is 0 Å². The Kier molecular flexibility index (Phi) is 7.56. The second-order valence-electron chi connectivity index (χ2n) is 10.6. The zero-order valence-corrected chi connectivity index (χ0v) is 21.6. The van der Waals surface area contributed by atoms with Gasteiger partial charge in [-0.25, -0.2) is 4.39 Å². The molecule has 2 fully saturated rings. The first-order valence-corrected chi connectivity index (χ1v) is 13.3. The summed E-state index contributed by atoms with van der Waals surface area (Å²) < 4.78 is 18.9. The number of hydrogen-bond donors (Lipinski definition) is 0. The Morgan fingerprint density at radius 3 is 2.41 bits per heavy atom. The molecule has 3 aromatic carbocycles. The number of nitrogens with zero attached hydrogens (tertiary/aromatic N) is 2. The lowest BCUT2D eigenvalue weighted by atomic mass is 9.87. The molecular weight excluding hydrogens is 467 g/mol. The van der Waals surface area contributed by atoms with Crippen molar-refractivity contribution in [3.05, 3.63) is 83.7 Å². The molecule has 3 aromatic rings. The number of hydrogen-bond acceptors (Lipinski definition) is 4. The molecular formula is C31H35FN2O3. The van der Waals surface area contributed by atoms with Crippen molar-refractivity contribution >= 4 is 22.6 Å². The molecule has 2 unspecified atom stereocenters. The molecule has 0 aliphatic carbocycles. The number of amides is 1. The number of piperidine rings is 1. The van der Waals surface area contributed by atoms with Gasteiger partial charge < -0.3 is 14.5 Å². The summed E-state index contributed by atoms with van der Waals surface area (Å²) in [5.41, 5.74) is 1.92. The minimum atomic E-state index is -0.287. The van der Waals surface area contributed by atoms with Gasteiger partial charge in [-0.2, -0.15) is 0 Å². The third-order valence-corrected chi connectivity index (χ3v) is 8.18. The average molecular weight is 503 g/mol. The molecule has 2 aliphatic rings. The molecule has 194 valence electrons. The Morgan fingerprint density at radius 1 is 0.973 bits per heavy atom. The molecule has 0 radical (unpaired) electrons. The summed E-state index contributed by atoms with van der Waals surface area (Å²) in [5.74, 6) is 0.298. The van der Waals surface area contributed by atoms with Crippen molar-refractivity contribution in [3.8, 4) is 0 Å². The second kappa shape index (κ2) is 11.0. The molecule has 3 atom stereocenters. The van der Waals surface area contributed by atoms with Gasteiger partial charge in [-0.1, -0.05) is 48.5 Å². The van der Waals surface area contributed by atoms with E-state index in [-0.39, 0.29) is 35.6 Å². The van der Waals surface area contributed by atoms with Gasteiger partial charge in [0.15, 0.2) is 0 Å². The lowest BCUT2D eigenvalue weighted by Crippen LogP contribution is -2.40. The zero-order valence-electron chi connectivity index (χ0n) is 21.6. The summed E-state index contributed by atoms with van der Waals surface area (Å²) in [6, 6.07) is 20.7. The van der Waals surface area contributed by atoms with Gasteiger partial charge in [0.25, 0.3) is 5.91 Å². The highest BCUT2D eigenvalue weighted by atomic mass is 19.1. The largest absolute Gasteiger partial charge is 0.462 e. The molecule has 0 N–H and O–H groups in total. The Hall–Kier alpha value is -3.25. The Labute approximate surface area is 218 Å². The Balaban J connectivity index is 1.29. The van der Waals surface area contributed by atoms with E-state index >= 15 is 0 Å². The normalized spacial score (nSPS) is 21.8. The quantitative estimate of drug-likeness (QED) is 0.418. The minimum absolute atomic E-state index is 0.0364. The summed E-state index contributed by atoms with van der Waals surface area (Å²) in [6.07, 6.45) is 1.80. The zero-order chi connectivity index (χ0) is 25.9. The van der Waals surface area contributed by atoms with Gasteiger partial charge in [0.2, 0.25) is 0 Å². The fourth-order valence-corrected chi connectivity index (χ4v) is 6.23.